The molecule has 2 fully saturated rings. The summed E-state index contributed by atoms with van der Waals surface area (Å²) in [5.74, 6) is 2.89. The largest absolute Gasteiger partial charge is 0.493 e. The van der Waals surface area contributed by atoms with E-state index in [9.17, 15) is 0 Å². The van der Waals surface area contributed by atoms with Gasteiger partial charge >= 0.3 is 0 Å². The maximum absolute atomic E-state index is 6.55. The fourth-order valence-corrected chi connectivity index (χ4v) is 6.00. The van der Waals surface area contributed by atoms with Crippen molar-refractivity contribution >= 4 is 0 Å². The van der Waals surface area contributed by atoms with E-state index in [1.54, 1.807) is 0 Å². The number of pyridine rings is 1. The van der Waals surface area contributed by atoms with Gasteiger partial charge in [-0.05, 0) is 88.5 Å². The molecule has 1 heterocycles. The molecule has 2 saturated carbocycles. The molecule has 1 unspecified atom stereocenters. The maximum Gasteiger partial charge on any atom is 0.213 e. The van der Waals surface area contributed by atoms with Gasteiger partial charge in [-0.25, -0.2) is 4.98 Å². The number of ether oxygens (including phenoxy) is 3. The zero-order valence-electron chi connectivity index (χ0n) is 28.1. The normalized spacial score (nSPS) is 24.9. The quantitative estimate of drug-likeness (QED) is 0.284. The highest BCUT2D eigenvalue weighted by Gasteiger charge is 2.47. The first-order valence-electron chi connectivity index (χ1n) is 15.9. The van der Waals surface area contributed by atoms with Crippen molar-refractivity contribution < 1.29 is 14.2 Å². The van der Waals surface area contributed by atoms with Gasteiger partial charge < -0.3 is 24.8 Å². The zero-order chi connectivity index (χ0) is 30.9. The van der Waals surface area contributed by atoms with E-state index in [1.165, 1.54) is 5.56 Å². The molecule has 1 aromatic carbocycles. The third-order valence-electron chi connectivity index (χ3n) is 8.19. The maximum atomic E-state index is 6.55. The summed E-state index contributed by atoms with van der Waals surface area (Å²) in [6.07, 6.45) is 6.30. The summed E-state index contributed by atoms with van der Waals surface area (Å²) in [5, 5.41) is 7.81. The van der Waals surface area contributed by atoms with E-state index >= 15 is 0 Å². The topological polar surface area (TPSA) is 64.6 Å². The number of benzene rings is 1. The van der Waals surface area contributed by atoms with E-state index in [1.807, 2.05) is 30.5 Å². The Morgan fingerprint density at radius 1 is 0.810 bits per heavy atom. The van der Waals surface area contributed by atoms with E-state index in [4.69, 9.17) is 14.2 Å². The van der Waals surface area contributed by atoms with Crippen LogP contribution >= 0.6 is 0 Å². The summed E-state index contributed by atoms with van der Waals surface area (Å²) in [7, 11) is 0. The van der Waals surface area contributed by atoms with Crippen molar-refractivity contribution in [3.8, 4) is 17.4 Å². The molecule has 6 nitrogen and oxygen atoms in total. The third kappa shape index (κ3) is 9.60. The van der Waals surface area contributed by atoms with Crippen LogP contribution in [0.1, 0.15) is 107 Å². The molecule has 0 radical (unpaired) electrons. The molecule has 3 atom stereocenters. The molecule has 2 aliphatic carbocycles. The van der Waals surface area contributed by atoms with E-state index in [0.29, 0.717) is 24.6 Å². The van der Waals surface area contributed by atoms with Gasteiger partial charge in [-0.3, -0.25) is 0 Å². The Morgan fingerprint density at radius 2 is 1.50 bits per heavy atom. The van der Waals surface area contributed by atoms with Crippen LogP contribution in [0.4, 0.5) is 0 Å². The average Bonchev–Trinajstić information content (AvgIpc) is 2.83. The second-order valence-electron chi connectivity index (χ2n) is 16.7. The fourth-order valence-electron chi connectivity index (χ4n) is 6.00. The molecule has 4 rings (SSSR count). The highest BCUT2D eigenvalue weighted by Crippen LogP contribution is 2.40. The lowest BCUT2D eigenvalue weighted by atomic mass is 9.69. The minimum Gasteiger partial charge on any atom is -0.493 e. The van der Waals surface area contributed by atoms with E-state index < -0.39 is 0 Å². The Morgan fingerprint density at radius 3 is 2.14 bits per heavy atom. The van der Waals surface area contributed by atoms with Crippen molar-refractivity contribution in [3.63, 3.8) is 0 Å². The van der Waals surface area contributed by atoms with Gasteiger partial charge in [-0.1, -0.05) is 47.6 Å². The molecule has 0 bridgehead atoms. The van der Waals surface area contributed by atoms with Crippen LogP contribution in [0, 0.1) is 11.3 Å². The Kier molecular flexibility index (Phi) is 9.59. The molecule has 2 aromatic rings. The number of rotatable bonds is 11. The molecule has 0 saturated heterocycles. The highest BCUT2D eigenvalue weighted by molar-refractivity contribution is 5.33. The monoisotopic (exact) mass is 579 g/mol. The second kappa shape index (κ2) is 12.4. The second-order valence-corrected chi connectivity index (χ2v) is 16.7. The SMILES string of the molecule is CC(C)(C)COc1cccc(OC2CC(NC(C)(C)CC3[C@H](NC(C)(C)C)C[C@H]3Oc3cc(C(C)(C)C)ccn3)C2)c1. The van der Waals surface area contributed by atoms with Gasteiger partial charge in [0, 0.05) is 53.8 Å². The highest BCUT2D eigenvalue weighted by atomic mass is 16.5. The van der Waals surface area contributed by atoms with Gasteiger partial charge in [0.05, 0.1) is 6.61 Å². The first-order chi connectivity index (χ1) is 19.4. The number of nitrogens with one attached hydrogen (secondary N) is 2. The van der Waals surface area contributed by atoms with Crippen LogP contribution in [-0.2, 0) is 5.41 Å². The summed E-state index contributed by atoms with van der Waals surface area (Å²) in [5.41, 5.74) is 1.47. The first kappa shape index (κ1) is 32.6. The Labute approximate surface area is 255 Å². The van der Waals surface area contributed by atoms with Gasteiger partial charge in [0.15, 0.2) is 0 Å². The molecule has 0 spiro atoms. The summed E-state index contributed by atoms with van der Waals surface area (Å²) in [6, 6.07) is 13.1. The lowest BCUT2D eigenvalue weighted by molar-refractivity contribution is -0.0235. The van der Waals surface area contributed by atoms with E-state index in [0.717, 1.165) is 43.1 Å². The molecule has 0 amide bonds. The van der Waals surface area contributed by atoms with Crippen LogP contribution < -0.4 is 24.8 Å². The van der Waals surface area contributed by atoms with Crippen LogP contribution in [0.2, 0.25) is 0 Å². The van der Waals surface area contributed by atoms with Crippen molar-refractivity contribution in [2.45, 2.75) is 143 Å². The summed E-state index contributed by atoms with van der Waals surface area (Å²) >= 11 is 0. The number of hydrogen-bond donors (Lipinski definition) is 2. The third-order valence-corrected chi connectivity index (χ3v) is 8.19. The minimum atomic E-state index is -0.0262. The van der Waals surface area contributed by atoms with Crippen molar-refractivity contribution in [3.05, 3.63) is 48.2 Å². The Hall–Kier alpha value is -2.31. The minimum absolute atomic E-state index is 0.0262. The Balaban J connectivity index is 1.31. The number of nitrogens with zero attached hydrogens (tertiary/aromatic N) is 1. The molecule has 234 valence electrons. The van der Waals surface area contributed by atoms with Crippen molar-refractivity contribution in [1.82, 2.24) is 15.6 Å². The standard InChI is InChI=1S/C36H57N3O3/c1-33(2,3)23-40-26-13-12-14-27(20-26)41-28-18-25(19-28)38-36(10,11)22-29-30(39-35(7,8)9)21-31(29)42-32-17-24(15-16-37-32)34(4,5)6/h12-17,20,25,28-31,38-39H,18-19,21-23H2,1-11H3/t25?,28?,29?,30-,31-/m1/s1. The molecule has 2 N–H and O–H groups in total. The molecule has 2 aliphatic rings. The molecule has 42 heavy (non-hydrogen) atoms. The molecular formula is C36H57N3O3. The van der Waals surface area contributed by atoms with Crippen LogP contribution in [-0.4, -0.2) is 47.0 Å². The molecule has 0 aliphatic heterocycles. The smallest absolute Gasteiger partial charge is 0.213 e. The lowest BCUT2D eigenvalue weighted by Gasteiger charge is -2.51. The van der Waals surface area contributed by atoms with E-state index in [-0.39, 0.29) is 34.1 Å². The van der Waals surface area contributed by atoms with Gasteiger partial charge in [0.25, 0.3) is 0 Å². The fraction of sp³-hybridized carbons (Fsp3) is 0.694. The van der Waals surface area contributed by atoms with Crippen LogP contribution in [0.5, 0.6) is 17.4 Å². The zero-order valence-corrected chi connectivity index (χ0v) is 28.1. The average molecular weight is 580 g/mol. The van der Waals surface area contributed by atoms with Gasteiger partial charge in [-0.2, -0.15) is 0 Å². The predicted octanol–water partition coefficient (Wildman–Crippen LogP) is 7.70. The van der Waals surface area contributed by atoms with Crippen LogP contribution in [0.25, 0.3) is 0 Å². The van der Waals surface area contributed by atoms with Gasteiger partial charge in [-0.15, -0.1) is 0 Å². The first-order valence-corrected chi connectivity index (χ1v) is 15.9. The summed E-state index contributed by atoms with van der Waals surface area (Å²) in [4.78, 5) is 4.57. The van der Waals surface area contributed by atoms with Crippen molar-refractivity contribution in [1.29, 1.82) is 0 Å². The lowest BCUT2D eigenvalue weighted by Crippen LogP contribution is -2.63. The van der Waals surface area contributed by atoms with E-state index in [2.05, 4.69) is 104 Å². The van der Waals surface area contributed by atoms with Gasteiger partial charge in [0.1, 0.15) is 23.7 Å². The molecule has 1 aromatic heterocycles. The van der Waals surface area contributed by atoms with Crippen molar-refractivity contribution in [2.24, 2.45) is 11.3 Å². The number of aromatic nitrogens is 1. The Bertz CT molecular complexity index is 1170. The van der Waals surface area contributed by atoms with Crippen molar-refractivity contribution in [2.75, 3.05) is 6.61 Å². The summed E-state index contributed by atoms with van der Waals surface area (Å²) in [6.45, 7) is 25.3. The summed E-state index contributed by atoms with van der Waals surface area (Å²) < 4.78 is 18.8. The molecule has 6 heteroatoms. The molecular weight excluding hydrogens is 522 g/mol. The van der Waals surface area contributed by atoms with Gasteiger partial charge in [0.2, 0.25) is 5.88 Å². The van der Waals surface area contributed by atoms with Crippen LogP contribution in [0.15, 0.2) is 42.6 Å². The number of hydrogen-bond acceptors (Lipinski definition) is 6. The van der Waals surface area contributed by atoms with Crippen LogP contribution in [0.3, 0.4) is 0 Å². The predicted molar refractivity (Wildman–Crippen MR) is 173 cm³/mol.